The first-order valence-corrected chi connectivity index (χ1v) is 5.67. The van der Waals surface area contributed by atoms with Crippen LogP contribution in [0.3, 0.4) is 0 Å². The third-order valence-electron chi connectivity index (χ3n) is 2.63. The molecule has 0 saturated heterocycles. The van der Waals surface area contributed by atoms with Crippen molar-refractivity contribution in [1.29, 1.82) is 5.26 Å². The number of rotatable bonds is 3. The van der Waals surface area contributed by atoms with Crippen LogP contribution in [0.4, 0.5) is 0 Å². The summed E-state index contributed by atoms with van der Waals surface area (Å²) in [6, 6.07) is 9.74. The third kappa shape index (κ3) is 2.05. The molecule has 0 aliphatic carbocycles. The lowest BCUT2D eigenvalue weighted by Crippen LogP contribution is -2.05. The van der Waals surface area contributed by atoms with E-state index < -0.39 is 0 Å². The summed E-state index contributed by atoms with van der Waals surface area (Å²) in [7, 11) is 1.61. The predicted molar refractivity (Wildman–Crippen MR) is 67.1 cm³/mol. The van der Waals surface area contributed by atoms with Crippen molar-refractivity contribution in [3.8, 4) is 23.1 Å². The van der Waals surface area contributed by atoms with Crippen LogP contribution in [-0.2, 0) is 0 Å². The highest BCUT2D eigenvalue weighted by Crippen LogP contribution is 2.27. The van der Waals surface area contributed by atoms with E-state index in [0.29, 0.717) is 5.69 Å². The molecule has 1 aromatic carbocycles. The molecule has 0 aliphatic rings. The highest BCUT2D eigenvalue weighted by atomic mass is 16.5. The molecule has 2 rings (SSSR count). The molecule has 0 amide bonds. The number of nitrogens with zero attached hydrogens (tertiary/aromatic N) is 4. The van der Waals surface area contributed by atoms with Crippen LogP contribution in [0.1, 0.15) is 25.6 Å². The predicted octanol–water partition coefficient (Wildman–Crippen LogP) is 2.41. The van der Waals surface area contributed by atoms with Gasteiger partial charge in [-0.15, -0.1) is 5.10 Å². The summed E-state index contributed by atoms with van der Waals surface area (Å²) in [6.07, 6.45) is 0. The van der Waals surface area contributed by atoms with E-state index in [-0.39, 0.29) is 6.04 Å². The fourth-order valence-electron chi connectivity index (χ4n) is 1.77. The molecule has 1 aromatic heterocycles. The fourth-order valence-corrected chi connectivity index (χ4v) is 1.77. The molecule has 0 bridgehead atoms. The van der Waals surface area contributed by atoms with Crippen LogP contribution in [0.25, 0.3) is 11.3 Å². The average molecular weight is 242 g/mol. The Labute approximate surface area is 106 Å². The van der Waals surface area contributed by atoms with Crippen LogP contribution in [0.2, 0.25) is 0 Å². The number of aromatic nitrogens is 3. The molecule has 2 aromatic rings. The Morgan fingerprint density at radius 2 is 2.17 bits per heavy atom. The van der Waals surface area contributed by atoms with Gasteiger partial charge in [-0.2, -0.15) is 5.26 Å². The molecule has 0 spiro atoms. The molecule has 0 fully saturated rings. The first kappa shape index (κ1) is 12.1. The van der Waals surface area contributed by atoms with Crippen molar-refractivity contribution in [2.24, 2.45) is 0 Å². The first-order chi connectivity index (χ1) is 8.67. The van der Waals surface area contributed by atoms with E-state index in [4.69, 9.17) is 10.00 Å². The van der Waals surface area contributed by atoms with Crippen LogP contribution in [0, 0.1) is 11.3 Å². The molecule has 0 atom stereocenters. The van der Waals surface area contributed by atoms with Gasteiger partial charge in [0.1, 0.15) is 17.5 Å². The van der Waals surface area contributed by atoms with Crippen molar-refractivity contribution >= 4 is 0 Å². The molecule has 5 nitrogen and oxygen atoms in total. The van der Waals surface area contributed by atoms with Crippen molar-refractivity contribution < 1.29 is 4.74 Å². The summed E-state index contributed by atoms with van der Waals surface area (Å²) in [6.45, 7) is 4.00. The molecular weight excluding hydrogens is 228 g/mol. The summed E-state index contributed by atoms with van der Waals surface area (Å²) < 4.78 is 6.94. The van der Waals surface area contributed by atoms with Crippen molar-refractivity contribution in [1.82, 2.24) is 15.0 Å². The molecule has 5 heteroatoms. The normalized spacial score (nSPS) is 10.4. The number of methoxy groups -OCH3 is 1. The standard InChI is InChI=1S/C13H14N4O/c1-9(2)17-13(12(8-14)15-16-17)10-5-4-6-11(7-10)18-3/h4-7,9H,1-3H3. The maximum Gasteiger partial charge on any atom is 0.190 e. The molecule has 0 aliphatic heterocycles. The maximum absolute atomic E-state index is 9.10. The minimum atomic E-state index is 0.140. The van der Waals surface area contributed by atoms with Crippen LogP contribution >= 0.6 is 0 Å². The zero-order valence-electron chi connectivity index (χ0n) is 10.6. The molecule has 0 N–H and O–H groups in total. The Morgan fingerprint density at radius 1 is 1.39 bits per heavy atom. The second-order valence-corrected chi connectivity index (χ2v) is 4.17. The van der Waals surface area contributed by atoms with Crippen molar-refractivity contribution in [3.63, 3.8) is 0 Å². The van der Waals surface area contributed by atoms with Gasteiger partial charge in [-0.05, 0) is 26.0 Å². The molecule has 0 saturated carbocycles. The van der Waals surface area contributed by atoms with Crippen LogP contribution in [0.15, 0.2) is 24.3 Å². The van der Waals surface area contributed by atoms with Crippen LogP contribution in [0.5, 0.6) is 5.75 Å². The van der Waals surface area contributed by atoms with E-state index in [9.17, 15) is 0 Å². The highest BCUT2D eigenvalue weighted by Gasteiger charge is 2.16. The zero-order valence-corrected chi connectivity index (χ0v) is 10.6. The summed E-state index contributed by atoms with van der Waals surface area (Å²) in [5.74, 6) is 0.743. The van der Waals surface area contributed by atoms with E-state index in [1.54, 1.807) is 11.8 Å². The Kier molecular flexibility index (Phi) is 3.28. The Balaban J connectivity index is 2.61. The van der Waals surface area contributed by atoms with Crippen molar-refractivity contribution in [3.05, 3.63) is 30.0 Å². The van der Waals surface area contributed by atoms with Gasteiger partial charge in [-0.1, -0.05) is 17.3 Å². The van der Waals surface area contributed by atoms with Crippen LogP contribution < -0.4 is 4.74 Å². The van der Waals surface area contributed by atoms with Gasteiger partial charge in [0, 0.05) is 11.6 Å². The smallest absolute Gasteiger partial charge is 0.190 e. The maximum atomic E-state index is 9.10. The Hall–Kier alpha value is -2.35. The van der Waals surface area contributed by atoms with Gasteiger partial charge in [-0.25, -0.2) is 4.68 Å². The number of ether oxygens (including phenoxy) is 1. The fraction of sp³-hybridized carbons (Fsp3) is 0.308. The molecule has 0 radical (unpaired) electrons. The molecule has 0 unspecified atom stereocenters. The molecule has 1 heterocycles. The SMILES string of the molecule is COc1cccc(-c2c(C#N)nnn2C(C)C)c1. The number of nitriles is 1. The monoisotopic (exact) mass is 242 g/mol. The highest BCUT2D eigenvalue weighted by molar-refractivity contribution is 5.66. The van der Waals surface area contributed by atoms with E-state index >= 15 is 0 Å². The largest absolute Gasteiger partial charge is 0.497 e. The second kappa shape index (κ2) is 4.88. The van der Waals surface area contributed by atoms with Gasteiger partial charge in [0.2, 0.25) is 0 Å². The van der Waals surface area contributed by atoms with Gasteiger partial charge < -0.3 is 4.74 Å². The minimum absolute atomic E-state index is 0.140. The summed E-state index contributed by atoms with van der Waals surface area (Å²) >= 11 is 0. The molecule has 92 valence electrons. The first-order valence-electron chi connectivity index (χ1n) is 5.67. The van der Waals surface area contributed by atoms with Gasteiger partial charge in [0.15, 0.2) is 5.69 Å². The summed E-state index contributed by atoms with van der Waals surface area (Å²) in [4.78, 5) is 0. The Bertz CT molecular complexity index is 595. The summed E-state index contributed by atoms with van der Waals surface area (Å²) in [5, 5.41) is 17.0. The number of benzene rings is 1. The van der Waals surface area contributed by atoms with E-state index in [1.165, 1.54) is 0 Å². The van der Waals surface area contributed by atoms with Crippen molar-refractivity contribution in [2.75, 3.05) is 7.11 Å². The minimum Gasteiger partial charge on any atom is -0.497 e. The average Bonchev–Trinajstić information content (AvgIpc) is 2.82. The topological polar surface area (TPSA) is 63.7 Å². The molecular formula is C13H14N4O. The third-order valence-corrected chi connectivity index (χ3v) is 2.63. The van der Waals surface area contributed by atoms with Gasteiger partial charge in [-0.3, -0.25) is 0 Å². The van der Waals surface area contributed by atoms with Gasteiger partial charge in [0.25, 0.3) is 0 Å². The zero-order chi connectivity index (χ0) is 13.1. The van der Waals surface area contributed by atoms with E-state index in [0.717, 1.165) is 17.0 Å². The second-order valence-electron chi connectivity index (χ2n) is 4.17. The Morgan fingerprint density at radius 3 is 2.78 bits per heavy atom. The van der Waals surface area contributed by atoms with E-state index in [2.05, 4.69) is 16.4 Å². The van der Waals surface area contributed by atoms with E-state index in [1.807, 2.05) is 38.1 Å². The number of hydrogen-bond acceptors (Lipinski definition) is 4. The number of hydrogen-bond donors (Lipinski definition) is 0. The lowest BCUT2D eigenvalue weighted by Gasteiger charge is -2.10. The quantitative estimate of drug-likeness (QED) is 0.829. The lowest BCUT2D eigenvalue weighted by molar-refractivity contribution is 0.415. The summed E-state index contributed by atoms with van der Waals surface area (Å²) in [5.41, 5.74) is 1.94. The van der Waals surface area contributed by atoms with Gasteiger partial charge in [0.05, 0.1) is 7.11 Å². The lowest BCUT2D eigenvalue weighted by atomic mass is 10.1. The van der Waals surface area contributed by atoms with Crippen LogP contribution in [-0.4, -0.2) is 22.1 Å². The van der Waals surface area contributed by atoms with Crippen molar-refractivity contribution in [2.45, 2.75) is 19.9 Å². The van der Waals surface area contributed by atoms with Gasteiger partial charge >= 0.3 is 0 Å². The molecule has 18 heavy (non-hydrogen) atoms.